The van der Waals surface area contributed by atoms with Crippen LogP contribution < -0.4 is 25.8 Å². The van der Waals surface area contributed by atoms with E-state index < -0.39 is 0 Å². The van der Waals surface area contributed by atoms with Crippen LogP contribution in [0.25, 0.3) is 10.3 Å². The van der Waals surface area contributed by atoms with Crippen LogP contribution >= 0.6 is 11.3 Å². The average Bonchev–Trinajstić information content (AvgIpc) is 3.30. The summed E-state index contributed by atoms with van der Waals surface area (Å²) in [6.07, 6.45) is 3.95. The first kappa shape index (κ1) is 23.7. The molecule has 180 valence electrons. The number of ether oxygens (including phenoxy) is 1. The molecule has 0 saturated carbocycles. The molecular weight excluding hydrogens is 456 g/mol. The molecule has 11 heteroatoms. The van der Waals surface area contributed by atoms with E-state index in [2.05, 4.69) is 20.6 Å². The number of para-hydroxylation sites is 2. The van der Waals surface area contributed by atoms with Crippen LogP contribution in [0.1, 0.15) is 26.2 Å². The van der Waals surface area contributed by atoms with Gasteiger partial charge in [0.2, 0.25) is 11.8 Å². The average molecular weight is 485 g/mol. The van der Waals surface area contributed by atoms with E-state index in [4.69, 9.17) is 4.74 Å². The molecule has 0 bridgehead atoms. The van der Waals surface area contributed by atoms with Gasteiger partial charge < -0.3 is 20.3 Å². The Bertz CT molecular complexity index is 1240. The minimum absolute atomic E-state index is 0.0641. The fourth-order valence-corrected chi connectivity index (χ4v) is 4.94. The number of aromatic nitrogens is 3. The molecule has 0 spiro atoms. The van der Waals surface area contributed by atoms with Gasteiger partial charge in [0.25, 0.3) is 5.56 Å². The number of hydrogen-bond donors (Lipinski definition) is 2. The maximum absolute atomic E-state index is 13.0. The first-order valence-corrected chi connectivity index (χ1v) is 12.1. The Balaban J connectivity index is 1.48. The molecule has 1 aliphatic rings. The molecule has 0 radical (unpaired) electrons. The number of nitrogens with zero attached hydrogens (tertiary/aromatic N) is 4. The van der Waals surface area contributed by atoms with Crippen LogP contribution in [0.15, 0.2) is 35.4 Å². The quantitative estimate of drug-likeness (QED) is 0.503. The van der Waals surface area contributed by atoms with Gasteiger partial charge in [0.05, 0.1) is 18.7 Å². The van der Waals surface area contributed by atoms with Crippen LogP contribution in [0.4, 0.5) is 10.8 Å². The van der Waals surface area contributed by atoms with Gasteiger partial charge in [-0.05, 0) is 31.4 Å². The topological polar surface area (TPSA) is 118 Å². The fourth-order valence-electron chi connectivity index (χ4n) is 3.93. The van der Waals surface area contributed by atoms with Crippen molar-refractivity contribution in [2.24, 2.45) is 5.92 Å². The first-order chi connectivity index (χ1) is 16.5. The second-order valence-electron chi connectivity index (χ2n) is 8.15. The Labute approximate surface area is 201 Å². The number of nitrogens with one attached hydrogen (secondary N) is 2. The number of benzene rings is 1. The maximum Gasteiger partial charge on any atom is 0.273 e. The van der Waals surface area contributed by atoms with Gasteiger partial charge in [0.1, 0.15) is 23.3 Å². The lowest BCUT2D eigenvalue weighted by Crippen LogP contribution is -2.43. The van der Waals surface area contributed by atoms with Crippen LogP contribution in [0.3, 0.4) is 0 Å². The Morgan fingerprint density at radius 3 is 2.91 bits per heavy atom. The van der Waals surface area contributed by atoms with Gasteiger partial charge in [-0.3, -0.25) is 19.0 Å². The van der Waals surface area contributed by atoms with E-state index in [1.54, 1.807) is 24.3 Å². The van der Waals surface area contributed by atoms with Gasteiger partial charge in [0.15, 0.2) is 10.8 Å². The predicted molar refractivity (Wildman–Crippen MR) is 132 cm³/mol. The monoisotopic (exact) mass is 484 g/mol. The van der Waals surface area contributed by atoms with E-state index in [1.807, 2.05) is 11.8 Å². The molecule has 1 aromatic carbocycles. The molecule has 2 amide bonds. The third-order valence-corrected chi connectivity index (χ3v) is 6.77. The molecule has 4 rings (SSSR count). The van der Waals surface area contributed by atoms with Crippen molar-refractivity contribution in [1.82, 2.24) is 19.9 Å². The van der Waals surface area contributed by atoms with E-state index in [9.17, 15) is 14.4 Å². The van der Waals surface area contributed by atoms with E-state index in [-0.39, 0.29) is 29.8 Å². The molecule has 2 aromatic heterocycles. The molecule has 10 nitrogen and oxygen atoms in total. The van der Waals surface area contributed by atoms with Crippen LogP contribution in [0.5, 0.6) is 5.75 Å². The van der Waals surface area contributed by atoms with Crippen molar-refractivity contribution in [2.75, 3.05) is 37.0 Å². The first-order valence-electron chi connectivity index (χ1n) is 11.3. The zero-order valence-corrected chi connectivity index (χ0v) is 20.1. The van der Waals surface area contributed by atoms with Crippen LogP contribution in [0, 0.1) is 5.92 Å². The maximum atomic E-state index is 13.0. The summed E-state index contributed by atoms with van der Waals surface area (Å²) in [7, 11) is 1.52. The Kier molecular flexibility index (Phi) is 7.41. The normalized spacial score (nSPS) is 15.8. The van der Waals surface area contributed by atoms with Gasteiger partial charge in [-0.2, -0.15) is 4.98 Å². The lowest BCUT2D eigenvalue weighted by atomic mass is 9.97. The molecule has 34 heavy (non-hydrogen) atoms. The molecule has 2 N–H and O–H groups in total. The zero-order chi connectivity index (χ0) is 24.1. The van der Waals surface area contributed by atoms with Gasteiger partial charge in [-0.1, -0.05) is 30.4 Å². The summed E-state index contributed by atoms with van der Waals surface area (Å²) in [4.78, 5) is 48.9. The predicted octanol–water partition coefficient (Wildman–Crippen LogP) is 2.24. The van der Waals surface area contributed by atoms with Crippen molar-refractivity contribution < 1.29 is 14.3 Å². The van der Waals surface area contributed by atoms with E-state index in [1.165, 1.54) is 29.3 Å². The van der Waals surface area contributed by atoms with Crippen molar-refractivity contribution in [3.05, 3.63) is 40.9 Å². The van der Waals surface area contributed by atoms with Crippen molar-refractivity contribution >= 4 is 44.3 Å². The fraction of sp³-hybridized carbons (Fsp3) is 0.435. The molecular formula is C23H28N6O4S. The molecule has 1 aliphatic heterocycles. The number of fused-ring (bicyclic) bond motifs is 1. The van der Waals surface area contributed by atoms with Crippen molar-refractivity contribution in [1.29, 1.82) is 0 Å². The number of carbonyl (C=O) groups excluding carboxylic acids is 2. The van der Waals surface area contributed by atoms with E-state index in [0.29, 0.717) is 40.0 Å². The summed E-state index contributed by atoms with van der Waals surface area (Å²) in [5, 5.41) is 6.40. The molecule has 1 saturated heterocycles. The van der Waals surface area contributed by atoms with Crippen molar-refractivity contribution in [2.45, 2.75) is 32.7 Å². The number of anilines is 2. The molecule has 1 atom stereocenters. The van der Waals surface area contributed by atoms with Gasteiger partial charge in [0, 0.05) is 19.6 Å². The van der Waals surface area contributed by atoms with Crippen molar-refractivity contribution in [3.63, 3.8) is 0 Å². The Morgan fingerprint density at radius 2 is 2.12 bits per heavy atom. The number of methoxy groups -OCH3 is 1. The molecule has 3 heterocycles. The molecule has 3 aromatic rings. The number of hydrogen-bond acceptors (Lipinski definition) is 8. The highest BCUT2D eigenvalue weighted by atomic mass is 32.1. The number of rotatable bonds is 8. The van der Waals surface area contributed by atoms with Crippen LogP contribution in [0.2, 0.25) is 0 Å². The zero-order valence-electron chi connectivity index (χ0n) is 19.2. The number of amides is 2. The second kappa shape index (κ2) is 10.6. The second-order valence-corrected chi connectivity index (χ2v) is 9.13. The van der Waals surface area contributed by atoms with Gasteiger partial charge in [-0.15, -0.1) is 0 Å². The van der Waals surface area contributed by atoms with E-state index >= 15 is 0 Å². The minimum Gasteiger partial charge on any atom is -0.495 e. The summed E-state index contributed by atoms with van der Waals surface area (Å²) in [5.74, 6) is 0.131. The summed E-state index contributed by atoms with van der Waals surface area (Å²) in [6, 6.07) is 7.06. The highest BCUT2D eigenvalue weighted by molar-refractivity contribution is 7.22. The third-order valence-electron chi connectivity index (χ3n) is 5.68. The number of thiazole rings is 1. The van der Waals surface area contributed by atoms with Crippen LogP contribution in [-0.2, 0) is 16.1 Å². The SMILES string of the molecule is CCCNC(=O)[C@H]1CCCN(c2nc3ncn(CC(=O)Nc4ccccc4OC)c(=O)c3s2)C1. The summed E-state index contributed by atoms with van der Waals surface area (Å²) < 4.78 is 6.91. The van der Waals surface area contributed by atoms with Gasteiger partial charge >= 0.3 is 0 Å². The molecule has 0 unspecified atom stereocenters. The summed E-state index contributed by atoms with van der Waals surface area (Å²) >= 11 is 1.25. The highest BCUT2D eigenvalue weighted by Crippen LogP contribution is 2.29. The highest BCUT2D eigenvalue weighted by Gasteiger charge is 2.27. The van der Waals surface area contributed by atoms with Crippen LogP contribution in [-0.4, -0.2) is 53.1 Å². The number of piperidine rings is 1. The lowest BCUT2D eigenvalue weighted by molar-refractivity contribution is -0.125. The minimum atomic E-state index is -0.366. The third kappa shape index (κ3) is 5.19. The Morgan fingerprint density at radius 1 is 1.29 bits per heavy atom. The summed E-state index contributed by atoms with van der Waals surface area (Å²) in [6.45, 7) is 3.84. The molecule has 0 aliphatic carbocycles. The molecule has 1 fully saturated rings. The smallest absolute Gasteiger partial charge is 0.273 e. The summed E-state index contributed by atoms with van der Waals surface area (Å²) in [5.41, 5.74) is 0.557. The standard InChI is InChI=1S/C23H28N6O4S/c1-3-10-24-21(31)15-7-6-11-28(12-15)23-27-20-19(34-23)22(32)29(14-25-20)13-18(30)26-16-8-4-5-9-17(16)33-2/h4-5,8-9,14-15H,3,6-7,10-13H2,1-2H3,(H,24,31)(H,26,30)/t15-/m0/s1. The number of carbonyl (C=O) groups is 2. The van der Waals surface area contributed by atoms with Gasteiger partial charge in [-0.25, -0.2) is 4.98 Å². The van der Waals surface area contributed by atoms with E-state index in [0.717, 1.165) is 25.8 Å². The Hall–Kier alpha value is -3.47. The largest absolute Gasteiger partial charge is 0.495 e. The van der Waals surface area contributed by atoms with Crippen molar-refractivity contribution in [3.8, 4) is 5.75 Å². The lowest BCUT2D eigenvalue weighted by Gasteiger charge is -2.31.